The van der Waals surface area contributed by atoms with E-state index in [-0.39, 0.29) is 23.2 Å². The van der Waals surface area contributed by atoms with E-state index in [1.54, 1.807) is 24.3 Å². The van der Waals surface area contributed by atoms with Crippen molar-refractivity contribution in [1.29, 1.82) is 0 Å². The first-order valence-corrected chi connectivity index (χ1v) is 7.20. The molecule has 0 aliphatic heterocycles. The average Bonchev–Trinajstić information content (AvgIpc) is 2.54. The number of nitro groups is 1. The van der Waals surface area contributed by atoms with Gasteiger partial charge in [-0.1, -0.05) is 24.3 Å². The lowest BCUT2D eigenvalue weighted by Crippen LogP contribution is -2.27. The highest BCUT2D eigenvalue weighted by Crippen LogP contribution is 2.21. The van der Waals surface area contributed by atoms with E-state index in [4.69, 9.17) is 5.11 Å². The van der Waals surface area contributed by atoms with Crippen LogP contribution in [-0.2, 0) is 11.2 Å². The Morgan fingerprint density at radius 2 is 1.71 bits per heavy atom. The number of benzene rings is 2. The van der Waals surface area contributed by atoms with Crippen LogP contribution < -0.4 is 5.32 Å². The minimum atomic E-state index is -1.02. The fourth-order valence-corrected chi connectivity index (χ4v) is 2.35. The minimum absolute atomic E-state index is 0.000591. The smallest absolute Gasteiger partial charge is 0.335 e. The number of amides is 1. The third-order valence-corrected chi connectivity index (χ3v) is 3.52. The van der Waals surface area contributed by atoms with Gasteiger partial charge in [0, 0.05) is 19.1 Å². The van der Waals surface area contributed by atoms with Gasteiger partial charge in [0.05, 0.1) is 16.5 Å². The van der Waals surface area contributed by atoms with Crippen molar-refractivity contribution in [3.63, 3.8) is 0 Å². The number of aromatic carboxylic acids is 1. The Morgan fingerprint density at radius 1 is 1.12 bits per heavy atom. The average molecular weight is 328 g/mol. The maximum Gasteiger partial charge on any atom is 0.335 e. The maximum atomic E-state index is 11.4. The summed E-state index contributed by atoms with van der Waals surface area (Å²) in [6.45, 7) is 1.40. The fraction of sp³-hybridized carbons (Fsp3) is 0.176. The van der Waals surface area contributed by atoms with E-state index in [9.17, 15) is 19.7 Å². The van der Waals surface area contributed by atoms with E-state index >= 15 is 0 Å². The Kier molecular flexibility index (Phi) is 5.26. The zero-order chi connectivity index (χ0) is 17.7. The molecule has 0 saturated carbocycles. The SMILES string of the molecule is CC(=O)NC(Cc1ccc([N+](=O)[O-])cc1)c1ccc(C(=O)O)cc1. The molecule has 2 aromatic rings. The normalized spacial score (nSPS) is 11.5. The molecule has 124 valence electrons. The Hall–Kier alpha value is -3.22. The number of rotatable bonds is 6. The number of nitro benzene ring substituents is 1. The zero-order valence-electron chi connectivity index (χ0n) is 12.9. The summed E-state index contributed by atoms with van der Waals surface area (Å²) in [5.41, 5.74) is 1.74. The van der Waals surface area contributed by atoms with E-state index < -0.39 is 10.9 Å². The first kappa shape index (κ1) is 17.1. The van der Waals surface area contributed by atoms with Gasteiger partial charge in [-0.2, -0.15) is 0 Å². The second-order valence-electron chi connectivity index (χ2n) is 5.31. The number of carboxylic acid groups (broad SMARTS) is 1. The van der Waals surface area contributed by atoms with Gasteiger partial charge in [0.25, 0.3) is 5.69 Å². The molecule has 0 fully saturated rings. The molecule has 1 amide bonds. The van der Waals surface area contributed by atoms with Gasteiger partial charge < -0.3 is 10.4 Å². The molecule has 0 aromatic heterocycles. The third-order valence-electron chi connectivity index (χ3n) is 3.52. The molecule has 0 radical (unpaired) electrons. The molecule has 7 heteroatoms. The number of carbonyl (C=O) groups excluding carboxylic acids is 1. The first-order chi connectivity index (χ1) is 11.4. The molecule has 24 heavy (non-hydrogen) atoms. The highest BCUT2D eigenvalue weighted by molar-refractivity contribution is 5.87. The molecule has 1 atom stereocenters. The summed E-state index contributed by atoms with van der Waals surface area (Å²) in [5, 5.41) is 22.4. The Labute approximate surface area is 138 Å². The van der Waals surface area contributed by atoms with Crippen molar-refractivity contribution in [2.24, 2.45) is 0 Å². The number of hydrogen-bond acceptors (Lipinski definition) is 4. The van der Waals surface area contributed by atoms with Crippen LogP contribution in [0.1, 0.15) is 34.5 Å². The molecule has 2 rings (SSSR count). The summed E-state index contributed by atoms with van der Waals surface area (Å²) >= 11 is 0. The molecule has 0 saturated heterocycles. The summed E-state index contributed by atoms with van der Waals surface area (Å²) < 4.78 is 0. The molecule has 0 spiro atoms. The van der Waals surface area contributed by atoms with Crippen molar-refractivity contribution in [2.75, 3.05) is 0 Å². The van der Waals surface area contributed by atoms with Gasteiger partial charge in [0.2, 0.25) is 5.91 Å². The highest BCUT2D eigenvalue weighted by Gasteiger charge is 2.15. The van der Waals surface area contributed by atoms with E-state index in [1.807, 2.05) is 0 Å². The van der Waals surface area contributed by atoms with Gasteiger partial charge in [-0.05, 0) is 29.7 Å². The van der Waals surface area contributed by atoms with Crippen LogP contribution in [0, 0.1) is 10.1 Å². The second kappa shape index (κ2) is 7.36. The van der Waals surface area contributed by atoms with E-state index in [2.05, 4.69) is 5.32 Å². The van der Waals surface area contributed by atoms with Crippen molar-refractivity contribution in [3.8, 4) is 0 Å². The van der Waals surface area contributed by atoms with Crippen LogP contribution >= 0.6 is 0 Å². The van der Waals surface area contributed by atoms with E-state index in [0.717, 1.165) is 11.1 Å². The van der Waals surface area contributed by atoms with Gasteiger partial charge >= 0.3 is 5.97 Å². The molecular formula is C17H16N2O5. The molecule has 0 aliphatic rings. The predicted octanol–water partition coefficient (Wildman–Crippen LogP) is 2.71. The number of carboxylic acids is 1. The molecule has 0 aliphatic carbocycles. The number of hydrogen-bond donors (Lipinski definition) is 2. The topological polar surface area (TPSA) is 110 Å². The van der Waals surface area contributed by atoms with Gasteiger partial charge in [-0.15, -0.1) is 0 Å². The number of carbonyl (C=O) groups is 2. The summed E-state index contributed by atoms with van der Waals surface area (Å²) in [7, 11) is 0. The lowest BCUT2D eigenvalue weighted by molar-refractivity contribution is -0.384. The zero-order valence-corrected chi connectivity index (χ0v) is 12.9. The van der Waals surface area contributed by atoms with Gasteiger partial charge in [0.15, 0.2) is 0 Å². The van der Waals surface area contributed by atoms with Crippen LogP contribution in [-0.4, -0.2) is 21.9 Å². The third kappa shape index (κ3) is 4.39. The lowest BCUT2D eigenvalue weighted by atomic mass is 9.97. The monoisotopic (exact) mass is 328 g/mol. The Balaban J connectivity index is 2.23. The summed E-state index contributed by atoms with van der Waals surface area (Å²) in [4.78, 5) is 32.6. The predicted molar refractivity (Wildman–Crippen MR) is 86.8 cm³/mol. The van der Waals surface area contributed by atoms with Crippen LogP contribution in [0.4, 0.5) is 5.69 Å². The molecule has 2 aromatic carbocycles. The van der Waals surface area contributed by atoms with Crippen LogP contribution in [0.2, 0.25) is 0 Å². The van der Waals surface area contributed by atoms with Crippen molar-refractivity contribution in [3.05, 3.63) is 75.3 Å². The molecule has 0 heterocycles. The molecule has 1 unspecified atom stereocenters. The van der Waals surface area contributed by atoms with Crippen molar-refractivity contribution >= 4 is 17.6 Å². The molecule has 2 N–H and O–H groups in total. The van der Waals surface area contributed by atoms with Crippen molar-refractivity contribution in [1.82, 2.24) is 5.32 Å². The van der Waals surface area contributed by atoms with E-state index in [0.29, 0.717) is 6.42 Å². The largest absolute Gasteiger partial charge is 0.478 e. The minimum Gasteiger partial charge on any atom is -0.478 e. The van der Waals surface area contributed by atoms with Crippen molar-refractivity contribution in [2.45, 2.75) is 19.4 Å². The maximum absolute atomic E-state index is 11.4. The number of nitrogens with zero attached hydrogens (tertiary/aromatic N) is 1. The van der Waals surface area contributed by atoms with Gasteiger partial charge in [0.1, 0.15) is 0 Å². The van der Waals surface area contributed by atoms with Crippen molar-refractivity contribution < 1.29 is 19.6 Å². The number of nitrogens with one attached hydrogen (secondary N) is 1. The quantitative estimate of drug-likeness (QED) is 0.626. The van der Waals surface area contributed by atoms with Crippen LogP contribution in [0.3, 0.4) is 0 Å². The van der Waals surface area contributed by atoms with Crippen LogP contribution in [0.25, 0.3) is 0 Å². The molecule has 7 nitrogen and oxygen atoms in total. The summed E-state index contributed by atoms with van der Waals surface area (Å²) in [6.07, 6.45) is 0.435. The van der Waals surface area contributed by atoms with Crippen LogP contribution in [0.5, 0.6) is 0 Å². The fourth-order valence-electron chi connectivity index (χ4n) is 2.35. The Morgan fingerprint density at radius 3 is 2.17 bits per heavy atom. The lowest BCUT2D eigenvalue weighted by Gasteiger charge is -2.18. The molecular weight excluding hydrogens is 312 g/mol. The summed E-state index contributed by atoms with van der Waals surface area (Å²) in [5.74, 6) is -1.24. The van der Waals surface area contributed by atoms with Gasteiger partial charge in [-0.25, -0.2) is 4.79 Å². The molecule has 0 bridgehead atoms. The Bertz CT molecular complexity index is 754. The first-order valence-electron chi connectivity index (χ1n) is 7.20. The standard InChI is InChI=1S/C17H16N2O5/c1-11(20)18-16(13-4-6-14(7-5-13)17(21)22)10-12-2-8-15(9-3-12)19(23)24/h2-9,16H,10H2,1H3,(H,18,20)(H,21,22). The number of non-ortho nitro benzene ring substituents is 1. The van der Waals surface area contributed by atoms with Crippen LogP contribution in [0.15, 0.2) is 48.5 Å². The van der Waals surface area contributed by atoms with Gasteiger partial charge in [-0.3, -0.25) is 14.9 Å². The second-order valence-corrected chi connectivity index (χ2v) is 5.31. The van der Waals surface area contributed by atoms with E-state index in [1.165, 1.54) is 31.2 Å². The summed E-state index contributed by atoms with van der Waals surface area (Å²) in [6, 6.07) is 12.0. The highest BCUT2D eigenvalue weighted by atomic mass is 16.6.